The Labute approximate surface area is 215 Å². The standard InChI is InChI=1S/C28H22FN5O4/c1-33-27(37)24(35)22(26-31-20-8-4-5-9-21(20)38-26)32-28(33)34-13-12-15-10-11-16(25(30)36)14-18(15)23(34)17-6-2-3-7-19(17)29/h2-11,14,23,35H,12-13H2,1H3,(H2,30,36)/t23-/m1/s1. The van der Waals surface area contributed by atoms with Gasteiger partial charge in [-0.3, -0.25) is 14.2 Å². The van der Waals surface area contributed by atoms with Crippen molar-refractivity contribution in [2.24, 2.45) is 12.8 Å². The van der Waals surface area contributed by atoms with Gasteiger partial charge in [0, 0.05) is 24.7 Å². The number of oxazole rings is 1. The molecule has 0 bridgehead atoms. The van der Waals surface area contributed by atoms with E-state index in [1.807, 2.05) is 6.07 Å². The van der Waals surface area contributed by atoms with E-state index in [9.17, 15) is 14.7 Å². The second-order valence-electron chi connectivity index (χ2n) is 9.11. The number of primary amides is 1. The first-order valence-electron chi connectivity index (χ1n) is 11.9. The molecule has 1 aliphatic heterocycles. The number of para-hydroxylation sites is 2. The molecule has 1 aliphatic rings. The normalized spacial score (nSPS) is 15.0. The van der Waals surface area contributed by atoms with E-state index in [4.69, 9.17) is 10.2 Å². The van der Waals surface area contributed by atoms with E-state index in [0.717, 1.165) is 5.56 Å². The summed E-state index contributed by atoms with van der Waals surface area (Å²) in [6.07, 6.45) is 0.536. The molecule has 0 radical (unpaired) electrons. The number of amides is 1. The number of carbonyl (C=O) groups excluding carboxylic acids is 1. The maximum atomic E-state index is 15.3. The van der Waals surface area contributed by atoms with Crippen LogP contribution < -0.4 is 16.2 Å². The maximum Gasteiger partial charge on any atom is 0.297 e. The van der Waals surface area contributed by atoms with E-state index in [1.54, 1.807) is 59.5 Å². The number of hydrogen-bond donors (Lipinski definition) is 2. The van der Waals surface area contributed by atoms with Crippen molar-refractivity contribution in [2.45, 2.75) is 12.5 Å². The number of fused-ring (bicyclic) bond motifs is 2. The molecule has 6 rings (SSSR count). The molecule has 10 heteroatoms. The van der Waals surface area contributed by atoms with Crippen molar-refractivity contribution in [1.29, 1.82) is 0 Å². The molecule has 0 saturated carbocycles. The molecule has 0 spiro atoms. The molecule has 3 aromatic carbocycles. The molecule has 1 atom stereocenters. The number of aromatic nitrogens is 3. The van der Waals surface area contributed by atoms with Crippen LogP contribution in [0.4, 0.5) is 10.3 Å². The predicted octanol–water partition coefficient (Wildman–Crippen LogP) is 3.68. The lowest BCUT2D eigenvalue weighted by Gasteiger charge is -2.39. The Hall–Kier alpha value is -4.99. The van der Waals surface area contributed by atoms with E-state index >= 15 is 4.39 Å². The number of benzene rings is 3. The number of nitrogens with zero attached hydrogens (tertiary/aromatic N) is 4. The summed E-state index contributed by atoms with van der Waals surface area (Å²) in [6.45, 7) is 0.375. The minimum Gasteiger partial charge on any atom is -0.501 e. The van der Waals surface area contributed by atoms with Crippen LogP contribution in [-0.4, -0.2) is 32.1 Å². The van der Waals surface area contributed by atoms with Crippen LogP contribution in [0.25, 0.3) is 22.7 Å². The molecule has 38 heavy (non-hydrogen) atoms. The Morgan fingerprint density at radius 2 is 1.84 bits per heavy atom. The molecule has 5 aromatic rings. The average molecular weight is 512 g/mol. The number of halogens is 1. The SMILES string of the molecule is Cn1c(N2CCc3ccc(C(N)=O)cc3[C@H]2c2ccccc2F)nc(-c2nc3ccccc3o2)c(O)c1=O. The molecule has 0 saturated heterocycles. The molecule has 2 aromatic heterocycles. The third-order valence-electron chi connectivity index (χ3n) is 6.86. The molecule has 9 nitrogen and oxygen atoms in total. The first kappa shape index (κ1) is 23.4. The van der Waals surface area contributed by atoms with Gasteiger partial charge in [0.1, 0.15) is 11.3 Å². The Kier molecular flexibility index (Phi) is 5.45. The van der Waals surface area contributed by atoms with E-state index in [1.165, 1.54) is 17.7 Å². The summed E-state index contributed by atoms with van der Waals surface area (Å²) in [5.74, 6) is -1.51. The van der Waals surface area contributed by atoms with Crippen LogP contribution in [-0.2, 0) is 13.5 Å². The first-order chi connectivity index (χ1) is 18.3. The zero-order valence-electron chi connectivity index (χ0n) is 20.3. The van der Waals surface area contributed by atoms with Gasteiger partial charge in [-0.05, 0) is 47.9 Å². The third-order valence-corrected chi connectivity index (χ3v) is 6.86. The molecule has 0 unspecified atom stereocenters. The Morgan fingerprint density at radius 3 is 2.61 bits per heavy atom. The summed E-state index contributed by atoms with van der Waals surface area (Å²) < 4.78 is 22.2. The molecule has 0 aliphatic carbocycles. The number of aromatic hydroxyl groups is 1. The van der Waals surface area contributed by atoms with Crippen molar-refractivity contribution in [3.63, 3.8) is 0 Å². The highest BCUT2D eigenvalue weighted by molar-refractivity contribution is 5.93. The molecule has 3 heterocycles. The summed E-state index contributed by atoms with van der Waals surface area (Å²) in [5, 5.41) is 10.7. The topological polar surface area (TPSA) is 127 Å². The summed E-state index contributed by atoms with van der Waals surface area (Å²) in [7, 11) is 1.48. The van der Waals surface area contributed by atoms with Gasteiger partial charge >= 0.3 is 0 Å². The largest absolute Gasteiger partial charge is 0.501 e. The maximum absolute atomic E-state index is 15.3. The summed E-state index contributed by atoms with van der Waals surface area (Å²) in [5.41, 5.74) is 7.94. The summed E-state index contributed by atoms with van der Waals surface area (Å²) in [4.78, 5) is 36.0. The highest BCUT2D eigenvalue weighted by Gasteiger charge is 2.34. The predicted molar refractivity (Wildman–Crippen MR) is 138 cm³/mol. The fourth-order valence-corrected chi connectivity index (χ4v) is 4.97. The second kappa shape index (κ2) is 8.84. The van der Waals surface area contributed by atoms with Gasteiger partial charge in [-0.15, -0.1) is 0 Å². The molecule has 0 fully saturated rings. The van der Waals surface area contributed by atoms with Crippen LogP contribution in [0, 0.1) is 5.82 Å². The Balaban J connectivity index is 1.58. The van der Waals surface area contributed by atoms with Crippen LogP contribution in [0.15, 0.2) is 75.9 Å². The number of anilines is 1. The van der Waals surface area contributed by atoms with Crippen LogP contribution in [0.2, 0.25) is 0 Å². The van der Waals surface area contributed by atoms with Gasteiger partial charge in [0.15, 0.2) is 11.3 Å². The monoisotopic (exact) mass is 511 g/mol. The van der Waals surface area contributed by atoms with Crippen molar-refractivity contribution in [3.05, 3.63) is 105 Å². The van der Waals surface area contributed by atoms with Crippen LogP contribution >= 0.6 is 0 Å². The second-order valence-corrected chi connectivity index (χ2v) is 9.11. The van der Waals surface area contributed by atoms with Gasteiger partial charge in [-0.25, -0.2) is 14.4 Å². The van der Waals surface area contributed by atoms with Crippen molar-refractivity contribution in [3.8, 4) is 17.3 Å². The lowest BCUT2D eigenvalue weighted by Crippen LogP contribution is -2.40. The van der Waals surface area contributed by atoms with Gasteiger partial charge in [0.05, 0.1) is 6.04 Å². The smallest absolute Gasteiger partial charge is 0.297 e. The Bertz CT molecular complexity index is 1760. The van der Waals surface area contributed by atoms with E-state index in [0.29, 0.717) is 35.2 Å². The lowest BCUT2D eigenvalue weighted by molar-refractivity contribution is 0.1000. The number of hydrogen-bond acceptors (Lipinski definition) is 7. The first-order valence-corrected chi connectivity index (χ1v) is 11.9. The van der Waals surface area contributed by atoms with Gasteiger partial charge in [-0.1, -0.05) is 36.4 Å². The van der Waals surface area contributed by atoms with Crippen LogP contribution in [0.1, 0.15) is 33.1 Å². The molecular formula is C28H22FN5O4. The van der Waals surface area contributed by atoms with Crippen LogP contribution in [0.3, 0.4) is 0 Å². The van der Waals surface area contributed by atoms with Crippen LogP contribution in [0.5, 0.6) is 5.75 Å². The summed E-state index contributed by atoms with van der Waals surface area (Å²) in [6, 6.07) is 17.7. The zero-order chi connectivity index (χ0) is 26.6. The highest BCUT2D eigenvalue weighted by Crippen LogP contribution is 2.40. The molecule has 190 valence electrons. The van der Waals surface area contributed by atoms with Crippen molar-refractivity contribution in [1.82, 2.24) is 14.5 Å². The minimum atomic E-state index is -0.738. The average Bonchev–Trinajstić information content (AvgIpc) is 3.35. The third kappa shape index (κ3) is 3.69. The van der Waals surface area contributed by atoms with Gasteiger partial charge in [-0.2, -0.15) is 0 Å². The fraction of sp³-hybridized carbons (Fsp3) is 0.143. The fourth-order valence-electron chi connectivity index (χ4n) is 4.97. The molecule has 1 amide bonds. The summed E-state index contributed by atoms with van der Waals surface area (Å²) >= 11 is 0. The van der Waals surface area contributed by atoms with E-state index in [-0.39, 0.29) is 23.1 Å². The molecular weight excluding hydrogens is 489 g/mol. The number of nitrogens with two attached hydrogens (primary N) is 1. The van der Waals surface area contributed by atoms with Crippen molar-refractivity contribution in [2.75, 3.05) is 11.4 Å². The number of carbonyl (C=O) groups is 1. The minimum absolute atomic E-state index is 0.0153. The van der Waals surface area contributed by atoms with Crippen molar-refractivity contribution < 1.29 is 18.7 Å². The number of rotatable bonds is 4. The van der Waals surface area contributed by atoms with E-state index in [2.05, 4.69) is 9.97 Å². The highest BCUT2D eigenvalue weighted by atomic mass is 19.1. The Morgan fingerprint density at radius 1 is 1.08 bits per heavy atom. The van der Waals surface area contributed by atoms with Gasteiger partial charge in [0.25, 0.3) is 11.4 Å². The van der Waals surface area contributed by atoms with Crippen molar-refractivity contribution >= 4 is 23.0 Å². The quantitative estimate of drug-likeness (QED) is 0.377. The lowest BCUT2D eigenvalue weighted by atomic mass is 9.86. The van der Waals surface area contributed by atoms with E-state index < -0.39 is 29.1 Å². The van der Waals surface area contributed by atoms with Gasteiger partial charge < -0.3 is 20.2 Å². The molecule has 3 N–H and O–H groups in total. The zero-order valence-corrected chi connectivity index (χ0v) is 20.3. The van der Waals surface area contributed by atoms with Gasteiger partial charge in [0.2, 0.25) is 17.6 Å².